The van der Waals surface area contributed by atoms with Crippen molar-refractivity contribution in [1.82, 2.24) is 20.6 Å². The van der Waals surface area contributed by atoms with Gasteiger partial charge in [0.05, 0.1) is 33.5 Å². The van der Waals surface area contributed by atoms with Crippen LogP contribution in [0.3, 0.4) is 0 Å². The Kier molecular flexibility index (Phi) is 8.39. The molecule has 0 atom stereocenters. The number of aryl methyl sites for hydroxylation is 4. The van der Waals surface area contributed by atoms with Crippen LogP contribution in [-0.2, 0) is 0 Å². The number of rotatable bonds is 8. The van der Waals surface area contributed by atoms with Gasteiger partial charge in [0.2, 0.25) is 0 Å². The molecule has 0 spiro atoms. The molecular formula is C39H36N4O2. The summed E-state index contributed by atoms with van der Waals surface area (Å²) in [4.78, 5) is 36.5. The molecule has 2 aromatic heterocycles. The Hall–Kier alpha value is -5.36. The van der Waals surface area contributed by atoms with Crippen LogP contribution in [0.25, 0.3) is 44.3 Å². The van der Waals surface area contributed by atoms with Gasteiger partial charge in [-0.05, 0) is 92.8 Å². The minimum atomic E-state index is -0.164. The standard InChI is InChI=1S/C39H36N4O2/c1-24-14-16-28(20-26(24)3)36-22-32(30-10-5-7-12-34(30)42-36)38(44)40-18-9-19-41-39(45)33-23-37(29-17-15-25(2)27(4)21-29)43-35-13-8-6-11-31(33)35/h5-8,10-17,20-23H,9,18-19H2,1-4H3,(H,40,44)(H,41,45). The van der Waals surface area contributed by atoms with E-state index in [4.69, 9.17) is 9.97 Å². The second kappa shape index (κ2) is 12.7. The number of aromatic nitrogens is 2. The SMILES string of the molecule is Cc1ccc(-c2cc(C(=O)NCCCNC(=O)c3cc(-c4ccc(C)c(C)c4)nc4ccccc34)c3ccccc3n2)cc1C. The Morgan fingerprint density at radius 1 is 0.533 bits per heavy atom. The Labute approximate surface area is 263 Å². The number of para-hydroxylation sites is 2. The zero-order chi connectivity index (χ0) is 31.5. The third-order valence-electron chi connectivity index (χ3n) is 8.45. The van der Waals surface area contributed by atoms with Crippen LogP contribution in [-0.4, -0.2) is 34.9 Å². The highest BCUT2D eigenvalue weighted by Crippen LogP contribution is 2.28. The van der Waals surface area contributed by atoms with Crippen molar-refractivity contribution in [2.75, 3.05) is 13.1 Å². The van der Waals surface area contributed by atoms with Crippen LogP contribution >= 0.6 is 0 Å². The number of nitrogens with one attached hydrogen (secondary N) is 2. The van der Waals surface area contributed by atoms with Crippen LogP contribution in [0.4, 0.5) is 0 Å². The van der Waals surface area contributed by atoms with E-state index in [1.165, 1.54) is 22.3 Å². The molecule has 4 aromatic carbocycles. The summed E-state index contributed by atoms with van der Waals surface area (Å²) in [6.45, 7) is 9.15. The number of carbonyl (C=O) groups is 2. The molecule has 0 aliphatic heterocycles. The summed E-state index contributed by atoms with van der Waals surface area (Å²) in [6, 6.07) is 31.6. The maximum Gasteiger partial charge on any atom is 0.252 e. The summed E-state index contributed by atoms with van der Waals surface area (Å²) in [5.74, 6) is -0.327. The Morgan fingerprint density at radius 3 is 1.38 bits per heavy atom. The fraction of sp³-hybridized carbons (Fsp3) is 0.179. The van der Waals surface area contributed by atoms with E-state index in [1.807, 2.05) is 72.8 Å². The van der Waals surface area contributed by atoms with Crippen molar-refractivity contribution in [2.45, 2.75) is 34.1 Å². The van der Waals surface area contributed by atoms with Crippen LogP contribution < -0.4 is 10.6 Å². The molecule has 2 amide bonds. The summed E-state index contributed by atoms with van der Waals surface area (Å²) in [5, 5.41) is 7.70. The summed E-state index contributed by atoms with van der Waals surface area (Å²) < 4.78 is 0. The Balaban J connectivity index is 1.14. The number of benzene rings is 4. The lowest BCUT2D eigenvalue weighted by Crippen LogP contribution is -2.30. The highest BCUT2D eigenvalue weighted by Gasteiger charge is 2.16. The number of amides is 2. The number of fused-ring (bicyclic) bond motifs is 2. The molecular weight excluding hydrogens is 556 g/mol. The second-order valence-electron chi connectivity index (χ2n) is 11.6. The second-order valence-corrected chi connectivity index (χ2v) is 11.6. The average molecular weight is 593 g/mol. The molecule has 0 unspecified atom stereocenters. The van der Waals surface area contributed by atoms with Gasteiger partial charge in [0.1, 0.15) is 0 Å². The molecule has 2 heterocycles. The molecule has 0 aliphatic rings. The van der Waals surface area contributed by atoms with E-state index >= 15 is 0 Å². The topological polar surface area (TPSA) is 84.0 Å². The zero-order valence-corrected chi connectivity index (χ0v) is 26.1. The van der Waals surface area contributed by atoms with Gasteiger partial charge in [0.25, 0.3) is 11.8 Å². The molecule has 0 fully saturated rings. The van der Waals surface area contributed by atoms with Crippen molar-refractivity contribution in [3.63, 3.8) is 0 Å². The monoisotopic (exact) mass is 592 g/mol. The molecule has 6 nitrogen and oxygen atoms in total. The first-order valence-corrected chi connectivity index (χ1v) is 15.3. The van der Waals surface area contributed by atoms with Gasteiger partial charge in [-0.3, -0.25) is 9.59 Å². The van der Waals surface area contributed by atoms with Gasteiger partial charge in [-0.15, -0.1) is 0 Å². The van der Waals surface area contributed by atoms with Crippen molar-refractivity contribution in [3.8, 4) is 22.5 Å². The fourth-order valence-electron chi connectivity index (χ4n) is 5.51. The van der Waals surface area contributed by atoms with Crippen LogP contribution in [0, 0.1) is 27.7 Å². The van der Waals surface area contributed by atoms with Gasteiger partial charge in [0, 0.05) is 35.0 Å². The first kappa shape index (κ1) is 29.7. The van der Waals surface area contributed by atoms with E-state index in [0.717, 1.165) is 44.3 Å². The number of hydrogen-bond donors (Lipinski definition) is 2. The highest BCUT2D eigenvalue weighted by molar-refractivity contribution is 6.08. The lowest BCUT2D eigenvalue weighted by Gasteiger charge is -2.13. The van der Waals surface area contributed by atoms with Crippen molar-refractivity contribution in [2.24, 2.45) is 0 Å². The van der Waals surface area contributed by atoms with Crippen LogP contribution in [0.2, 0.25) is 0 Å². The van der Waals surface area contributed by atoms with Gasteiger partial charge >= 0.3 is 0 Å². The molecule has 0 bridgehead atoms. The van der Waals surface area contributed by atoms with Gasteiger partial charge < -0.3 is 10.6 Å². The first-order chi connectivity index (χ1) is 21.8. The van der Waals surface area contributed by atoms with Crippen molar-refractivity contribution < 1.29 is 9.59 Å². The van der Waals surface area contributed by atoms with Crippen molar-refractivity contribution in [3.05, 3.63) is 130 Å². The Bertz CT molecular complexity index is 1930. The van der Waals surface area contributed by atoms with Crippen LogP contribution in [0.1, 0.15) is 49.4 Å². The minimum absolute atomic E-state index is 0.164. The van der Waals surface area contributed by atoms with E-state index in [-0.39, 0.29) is 11.8 Å². The van der Waals surface area contributed by atoms with Gasteiger partial charge in [-0.25, -0.2) is 9.97 Å². The van der Waals surface area contributed by atoms with Crippen LogP contribution in [0.5, 0.6) is 0 Å². The smallest absolute Gasteiger partial charge is 0.252 e. The lowest BCUT2D eigenvalue weighted by atomic mass is 10.0. The fourth-order valence-corrected chi connectivity index (χ4v) is 5.51. The third-order valence-corrected chi connectivity index (χ3v) is 8.45. The zero-order valence-electron chi connectivity index (χ0n) is 26.1. The van der Waals surface area contributed by atoms with E-state index < -0.39 is 0 Å². The van der Waals surface area contributed by atoms with E-state index in [9.17, 15) is 9.59 Å². The molecule has 0 saturated carbocycles. The van der Waals surface area contributed by atoms with Crippen molar-refractivity contribution in [1.29, 1.82) is 0 Å². The normalized spacial score (nSPS) is 11.1. The molecule has 0 saturated heterocycles. The molecule has 0 aliphatic carbocycles. The number of hydrogen-bond acceptors (Lipinski definition) is 4. The van der Waals surface area contributed by atoms with Gasteiger partial charge in [0.15, 0.2) is 0 Å². The first-order valence-electron chi connectivity index (χ1n) is 15.3. The minimum Gasteiger partial charge on any atom is -0.352 e. The predicted molar refractivity (Wildman–Crippen MR) is 183 cm³/mol. The predicted octanol–water partition coefficient (Wildman–Crippen LogP) is 7.90. The van der Waals surface area contributed by atoms with E-state index in [2.05, 4.69) is 62.6 Å². The molecule has 2 N–H and O–H groups in total. The summed E-state index contributed by atoms with van der Waals surface area (Å²) >= 11 is 0. The molecule has 45 heavy (non-hydrogen) atoms. The van der Waals surface area contributed by atoms with E-state index in [0.29, 0.717) is 30.6 Å². The number of nitrogens with zero attached hydrogens (tertiary/aromatic N) is 2. The summed E-state index contributed by atoms with van der Waals surface area (Å²) in [7, 11) is 0. The summed E-state index contributed by atoms with van der Waals surface area (Å²) in [6.07, 6.45) is 0.581. The van der Waals surface area contributed by atoms with Gasteiger partial charge in [-0.2, -0.15) is 0 Å². The Morgan fingerprint density at radius 2 is 0.956 bits per heavy atom. The average Bonchev–Trinajstić information content (AvgIpc) is 3.05. The van der Waals surface area contributed by atoms with Crippen LogP contribution in [0.15, 0.2) is 97.1 Å². The maximum absolute atomic E-state index is 13.4. The third kappa shape index (κ3) is 6.31. The summed E-state index contributed by atoms with van der Waals surface area (Å²) in [5.41, 5.74) is 11.0. The number of pyridine rings is 2. The lowest BCUT2D eigenvalue weighted by molar-refractivity contribution is 0.0953. The highest BCUT2D eigenvalue weighted by atomic mass is 16.2. The largest absolute Gasteiger partial charge is 0.352 e. The molecule has 6 rings (SSSR count). The van der Waals surface area contributed by atoms with Crippen molar-refractivity contribution >= 4 is 33.6 Å². The van der Waals surface area contributed by atoms with E-state index in [1.54, 1.807) is 0 Å². The molecule has 6 aromatic rings. The maximum atomic E-state index is 13.4. The molecule has 0 radical (unpaired) electrons. The molecule has 6 heteroatoms. The quantitative estimate of drug-likeness (QED) is 0.176. The van der Waals surface area contributed by atoms with Gasteiger partial charge in [-0.1, -0.05) is 60.7 Å². The number of carbonyl (C=O) groups excluding carboxylic acids is 2. The molecule has 224 valence electrons.